The summed E-state index contributed by atoms with van der Waals surface area (Å²) in [5.74, 6) is 1.46. The molecule has 0 bridgehead atoms. The summed E-state index contributed by atoms with van der Waals surface area (Å²) < 4.78 is 16.9. The summed E-state index contributed by atoms with van der Waals surface area (Å²) in [5, 5.41) is 0. The van der Waals surface area contributed by atoms with Gasteiger partial charge < -0.3 is 14.2 Å². The van der Waals surface area contributed by atoms with Gasteiger partial charge in [0.1, 0.15) is 24.2 Å². The van der Waals surface area contributed by atoms with Crippen molar-refractivity contribution in [2.75, 3.05) is 13.2 Å². The van der Waals surface area contributed by atoms with Gasteiger partial charge in [-0.15, -0.1) is 0 Å². The number of fused-ring (bicyclic) bond motifs is 1. The van der Waals surface area contributed by atoms with E-state index >= 15 is 0 Å². The first-order valence-electron chi connectivity index (χ1n) is 7.42. The molecule has 2 heterocycles. The van der Waals surface area contributed by atoms with E-state index in [1.807, 2.05) is 49.4 Å². The minimum absolute atomic E-state index is 0.00762. The second-order valence-corrected chi connectivity index (χ2v) is 5.50. The molecule has 4 nitrogen and oxygen atoms in total. The van der Waals surface area contributed by atoms with E-state index in [-0.39, 0.29) is 18.5 Å². The number of hydrogen-bond donors (Lipinski definition) is 0. The largest absolute Gasteiger partial charge is 0.494 e. The Kier molecular flexibility index (Phi) is 2.94. The number of carbonyl (C=O) groups is 1. The zero-order valence-corrected chi connectivity index (χ0v) is 12.2. The molecule has 2 aromatic carbocycles. The zero-order chi connectivity index (χ0) is 15.2. The molecule has 0 aliphatic carbocycles. The van der Waals surface area contributed by atoms with Crippen LogP contribution in [0.1, 0.15) is 28.9 Å². The van der Waals surface area contributed by atoms with Crippen LogP contribution in [0.3, 0.4) is 0 Å². The highest BCUT2D eigenvalue weighted by Crippen LogP contribution is 2.54. The predicted molar refractivity (Wildman–Crippen MR) is 80.4 cm³/mol. The minimum Gasteiger partial charge on any atom is -0.494 e. The van der Waals surface area contributed by atoms with Crippen molar-refractivity contribution in [2.24, 2.45) is 0 Å². The molecule has 2 aliphatic heterocycles. The average Bonchev–Trinajstić information content (AvgIpc) is 3.28. The summed E-state index contributed by atoms with van der Waals surface area (Å²) in [6.45, 7) is 2.84. The lowest BCUT2D eigenvalue weighted by atomic mass is 9.89. The predicted octanol–water partition coefficient (Wildman–Crippen LogP) is 3.17. The van der Waals surface area contributed by atoms with Crippen molar-refractivity contribution in [1.29, 1.82) is 0 Å². The van der Waals surface area contributed by atoms with Gasteiger partial charge in [-0.3, -0.25) is 4.79 Å². The maximum Gasteiger partial charge on any atom is 0.205 e. The van der Waals surface area contributed by atoms with Crippen LogP contribution in [-0.2, 0) is 4.74 Å². The number of carbonyl (C=O) groups excluding carboxylic acids is 1. The highest BCUT2D eigenvalue weighted by atomic mass is 16.6. The standard InChI is InChI=1S/C18H16O4/c1-2-20-13-9-7-12(8-10-13)17-18(22-17)11-21-15-6-4-3-5-14(15)16(18)19/h3-10,17H,2,11H2,1H3/t17-,18-/m1/s1. The zero-order valence-electron chi connectivity index (χ0n) is 12.2. The van der Waals surface area contributed by atoms with Gasteiger partial charge in [-0.05, 0) is 36.8 Å². The van der Waals surface area contributed by atoms with Crippen LogP contribution in [0.4, 0.5) is 0 Å². The first-order valence-corrected chi connectivity index (χ1v) is 7.42. The van der Waals surface area contributed by atoms with Crippen LogP contribution in [0, 0.1) is 0 Å². The van der Waals surface area contributed by atoms with Crippen LogP contribution in [0.5, 0.6) is 11.5 Å². The molecule has 4 rings (SSSR count). The van der Waals surface area contributed by atoms with E-state index in [0.717, 1.165) is 11.3 Å². The normalized spacial score (nSPS) is 25.5. The number of ketones is 1. The van der Waals surface area contributed by atoms with Crippen molar-refractivity contribution in [1.82, 2.24) is 0 Å². The van der Waals surface area contributed by atoms with Crippen molar-refractivity contribution in [2.45, 2.75) is 18.6 Å². The molecule has 2 aromatic rings. The first-order chi connectivity index (χ1) is 10.7. The van der Waals surface area contributed by atoms with Gasteiger partial charge in [-0.2, -0.15) is 0 Å². The molecule has 0 radical (unpaired) electrons. The molecule has 0 saturated carbocycles. The Labute approximate surface area is 128 Å². The number of rotatable bonds is 3. The fourth-order valence-corrected chi connectivity index (χ4v) is 2.96. The van der Waals surface area contributed by atoms with Gasteiger partial charge in [-0.1, -0.05) is 24.3 Å². The number of epoxide rings is 1. The Morgan fingerprint density at radius 3 is 2.73 bits per heavy atom. The molecule has 1 saturated heterocycles. The van der Waals surface area contributed by atoms with Crippen molar-refractivity contribution in [3.05, 3.63) is 59.7 Å². The van der Waals surface area contributed by atoms with Gasteiger partial charge >= 0.3 is 0 Å². The highest BCUT2D eigenvalue weighted by Gasteiger charge is 2.65. The Hall–Kier alpha value is -2.33. The van der Waals surface area contributed by atoms with Crippen LogP contribution in [0.15, 0.2) is 48.5 Å². The summed E-state index contributed by atoms with van der Waals surface area (Å²) in [7, 11) is 0. The second-order valence-electron chi connectivity index (χ2n) is 5.50. The number of Topliss-reactive ketones (excluding diaryl/α,β-unsaturated/α-hetero) is 1. The molecule has 112 valence electrons. The van der Waals surface area contributed by atoms with E-state index in [1.165, 1.54) is 0 Å². The number of ether oxygens (including phenoxy) is 3. The Morgan fingerprint density at radius 2 is 1.95 bits per heavy atom. The average molecular weight is 296 g/mol. The third kappa shape index (κ3) is 1.91. The lowest BCUT2D eigenvalue weighted by Gasteiger charge is -2.21. The summed E-state index contributed by atoms with van der Waals surface area (Å²) in [6, 6.07) is 15.0. The van der Waals surface area contributed by atoms with Crippen LogP contribution < -0.4 is 9.47 Å². The van der Waals surface area contributed by atoms with Gasteiger partial charge in [0.05, 0.1) is 12.2 Å². The quantitative estimate of drug-likeness (QED) is 0.816. The third-order valence-electron chi connectivity index (χ3n) is 4.15. The summed E-state index contributed by atoms with van der Waals surface area (Å²) in [5.41, 5.74) is 0.712. The van der Waals surface area contributed by atoms with E-state index in [2.05, 4.69) is 0 Å². The smallest absolute Gasteiger partial charge is 0.205 e. The maximum atomic E-state index is 12.7. The van der Waals surface area contributed by atoms with Crippen molar-refractivity contribution >= 4 is 5.78 Å². The molecular weight excluding hydrogens is 280 g/mol. The summed E-state index contributed by atoms with van der Waals surface area (Å²) in [6.07, 6.45) is -0.246. The maximum absolute atomic E-state index is 12.7. The van der Waals surface area contributed by atoms with E-state index in [0.29, 0.717) is 17.9 Å². The van der Waals surface area contributed by atoms with Gasteiger partial charge in [-0.25, -0.2) is 0 Å². The molecule has 22 heavy (non-hydrogen) atoms. The van der Waals surface area contributed by atoms with E-state index < -0.39 is 5.60 Å². The number of para-hydroxylation sites is 1. The van der Waals surface area contributed by atoms with E-state index in [9.17, 15) is 4.79 Å². The monoisotopic (exact) mass is 296 g/mol. The topological polar surface area (TPSA) is 48.1 Å². The lowest BCUT2D eigenvalue weighted by Crippen LogP contribution is -2.37. The molecule has 0 N–H and O–H groups in total. The molecule has 2 aliphatic rings. The Bertz CT molecular complexity index is 722. The fourth-order valence-electron chi connectivity index (χ4n) is 2.96. The van der Waals surface area contributed by atoms with Gasteiger partial charge in [0.2, 0.25) is 5.78 Å². The Balaban J connectivity index is 1.60. The first kappa shape index (κ1) is 13.3. The molecule has 0 unspecified atom stereocenters. The molecule has 2 atom stereocenters. The van der Waals surface area contributed by atoms with Crippen LogP contribution in [0.2, 0.25) is 0 Å². The van der Waals surface area contributed by atoms with E-state index in [4.69, 9.17) is 14.2 Å². The molecule has 1 fully saturated rings. The van der Waals surface area contributed by atoms with Crippen molar-refractivity contribution in [3.8, 4) is 11.5 Å². The molecule has 0 aromatic heterocycles. The minimum atomic E-state index is -0.860. The fraction of sp³-hybridized carbons (Fsp3) is 0.278. The van der Waals surface area contributed by atoms with Crippen LogP contribution >= 0.6 is 0 Å². The summed E-state index contributed by atoms with van der Waals surface area (Å²) >= 11 is 0. The summed E-state index contributed by atoms with van der Waals surface area (Å²) in [4.78, 5) is 12.7. The van der Waals surface area contributed by atoms with Gasteiger partial charge in [0.25, 0.3) is 0 Å². The van der Waals surface area contributed by atoms with Crippen molar-refractivity contribution < 1.29 is 19.0 Å². The third-order valence-corrected chi connectivity index (χ3v) is 4.15. The highest BCUT2D eigenvalue weighted by molar-refractivity contribution is 6.07. The molecule has 0 amide bonds. The van der Waals surface area contributed by atoms with Crippen LogP contribution in [-0.4, -0.2) is 24.6 Å². The lowest BCUT2D eigenvalue weighted by molar-refractivity contribution is 0.0755. The molecule has 4 heteroatoms. The van der Waals surface area contributed by atoms with E-state index in [1.54, 1.807) is 6.07 Å². The number of benzene rings is 2. The van der Waals surface area contributed by atoms with Crippen molar-refractivity contribution in [3.63, 3.8) is 0 Å². The number of hydrogen-bond acceptors (Lipinski definition) is 4. The molecular formula is C18H16O4. The molecule has 1 spiro atoms. The van der Waals surface area contributed by atoms with Crippen LogP contribution in [0.25, 0.3) is 0 Å². The van der Waals surface area contributed by atoms with Gasteiger partial charge in [0, 0.05) is 0 Å². The Morgan fingerprint density at radius 1 is 1.18 bits per heavy atom. The SMILES string of the molecule is CCOc1ccc([C@H]2O[C@@]23COc2ccccc2C3=O)cc1. The second kappa shape index (κ2) is 4.85. The van der Waals surface area contributed by atoms with Gasteiger partial charge in [0.15, 0.2) is 5.60 Å².